The number of aryl methyl sites for hydroxylation is 1. The zero-order valence-electron chi connectivity index (χ0n) is 11.6. The molecule has 0 unspecified atom stereocenters. The van der Waals surface area contributed by atoms with Crippen LogP contribution in [0.15, 0.2) is 43.1 Å². The van der Waals surface area contributed by atoms with Crippen molar-refractivity contribution in [2.24, 2.45) is 0 Å². The normalized spacial score (nSPS) is 9.95. The Kier molecular flexibility index (Phi) is 6.41. The molecule has 3 rings (SSSR count). The minimum Gasteiger partial charge on any atom is -0.329 e. The summed E-state index contributed by atoms with van der Waals surface area (Å²) in [6.07, 6.45) is 7.24. The van der Waals surface area contributed by atoms with Gasteiger partial charge in [-0.1, -0.05) is 11.6 Å². The Hall–Kier alpha value is -1.56. The molecule has 0 saturated carbocycles. The van der Waals surface area contributed by atoms with Crippen molar-refractivity contribution < 1.29 is 4.39 Å². The number of hydrogen-bond acceptors (Lipinski definition) is 2. The van der Waals surface area contributed by atoms with E-state index in [2.05, 4.69) is 9.97 Å². The van der Waals surface area contributed by atoms with Gasteiger partial charge in [0.05, 0.1) is 23.6 Å². The van der Waals surface area contributed by atoms with E-state index in [9.17, 15) is 4.39 Å². The van der Waals surface area contributed by atoms with E-state index >= 15 is 0 Å². The third kappa shape index (κ3) is 3.80. The molecule has 118 valence electrons. The molecule has 1 aromatic carbocycles. The molecule has 0 radical (unpaired) electrons. The molecule has 22 heavy (non-hydrogen) atoms. The van der Waals surface area contributed by atoms with Gasteiger partial charge in [-0.25, -0.2) is 14.4 Å². The number of nitrogens with zero attached hydrogens (tertiary/aromatic N) is 4. The smallest absolute Gasteiger partial charge is 0.141 e. The predicted octanol–water partition coefficient (Wildman–Crippen LogP) is 4.06. The lowest BCUT2D eigenvalue weighted by Crippen LogP contribution is -2.00. The van der Waals surface area contributed by atoms with Crippen LogP contribution < -0.4 is 0 Å². The average molecular weight is 364 g/mol. The quantitative estimate of drug-likeness (QED) is 0.703. The number of halogens is 4. The van der Waals surface area contributed by atoms with Crippen LogP contribution in [0.2, 0.25) is 5.02 Å². The molecule has 0 amide bonds. The van der Waals surface area contributed by atoms with Gasteiger partial charge < -0.3 is 9.13 Å². The second kappa shape index (κ2) is 7.63. The number of benzene rings is 1. The predicted molar refractivity (Wildman–Crippen MR) is 89.1 cm³/mol. The van der Waals surface area contributed by atoms with Crippen LogP contribution in [-0.4, -0.2) is 19.1 Å². The van der Waals surface area contributed by atoms with Gasteiger partial charge in [-0.3, -0.25) is 0 Å². The van der Waals surface area contributed by atoms with E-state index in [0.29, 0.717) is 6.54 Å². The first kappa shape index (κ1) is 18.5. The van der Waals surface area contributed by atoms with Crippen molar-refractivity contribution in [3.63, 3.8) is 0 Å². The van der Waals surface area contributed by atoms with Gasteiger partial charge in [0.2, 0.25) is 0 Å². The van der Waals surface area contributed by atoms with Crippen molar-refractivity contribution in [2.45, 2.75) is 13.5 Å². The van der Waals surface area contributed by atoms with Crippen LogP contribution in [0.1, 0.15) is 11.5 Å². The van der Waals surface area contributed by atoms with Crippen LogP contribution in [0, 0.1) is 12.7 Å². The summed E-state index contributed by atoms with van der Waals surface area (Å²) in [6, 6.07) is 4.58. The van der Waals surface area contributed by atoms with Gasteiger partial charge >= 0.3 is 0 Å². The molecule has 2 aromatic heterocycles. The third-order valence-electron chi connectivity index (χ3n) is 3.09. The number of aromatic nitrogens is 4. The molecule has 0 atom stereocenters. The van der Waals surface area contributed by atoms with Crippen LogP contribution in [0.4, 0.5) is 4.39 Å². The molecule has 0 aliphatic rings. The number of rotatable bonds is 3. The summed E-state index contributed by atoms with van der Waals surface area (Å²) in [5.74, 6) is 0.508. The van der Waals surface area contributed by atoms with E-state index < -0.39 is 5.82 Å². The lowest BCUT2D eigenvalue weighted by molar-refractivity contribution is 0.628. The molecular weight excluding hydrogens is 350 g/mol. The summed E-state index contributed by atoms with van der Waals surface area (Å²) in [6.45, 7) is 2.59. The van der Waals surface area contributed by atoms with E-state index in [1.807, 2.05) is 28.5 Å². The van der Waals surface area contributed by atoms with Crippen molar-refractivity contribution in [3.05, 3.63) is 65.5 Å². The van der Waals surface area contributed by atoms with Gasteiger partial charge in [0.1, 0.15) is 11.6 Å². The van der Waals surface area contributed by atoms with Crippen LogP contribution >= 0.6 is 36.4 Å². The molecule has 0 saturated heterocycles. The zero-order chi connectivity index (χ0) is 14.1. The Morgan fingerprint density at radius 2 is 2.00 bits per heavy atom. The fraction of sp³-hybridized carbons (Fsp3) is 0.143. The lowest BCUT2D eigenvalue weighted by atomic mass is 10.3. The highest BCUT2D eigenvalue weighted by atomic mass is 35.5. The van der Waals surface area contributed by atoms with Crippen molar-refractivity contribution in [2.75, 3.05) is 0 Å². The van der Waals surface area contributed by atoms with Crippen molar-refractivity contribution in [3.8, 4) is 5.69 Å². The molecule has 0 aliphatic carbocycles. The van der Waals surface area contributed by atoms with E-state index in [1.54, 1.807) is 24.7 Å². The molecule has 0 aliphatic heterocycles. The first-order chi connectivity index (χ1) is 9.63. The maximum atomic E-state index is 13.1. The van der Waals surface area contributed by atoms with Gasteiger partial charge in [0, 0.05) is 24.3 Å². The fourth-order valence-electron chi connectivity index (χ4n) is 1.98. The molecule has 0 spiro atoms. The summed E-state index contributed by atoms with van der Waals surface area (Å²) in [4.78, 5) is 8.51. The SMILES string of the molecule is Cc1nccn1Cc1cn(-c2ccc(F)c(Cl)c2)cn1.Cl.Cl. The van der Waals surface area contributed by atoms with Gasteiger partial charge in [-0.05, 0) is 25.1 Å². The van der Waals surface area contributed by atoms with Crippen molar-refractivity contribution in [1.82, 2.24) is 19.1 Å². The third-order valence-corrected chi connectivity index (χ3v) is 3.38. The minimum atomic E-state index is -0.426. The highest BCUT2D eigenvalue weighted by Gasteiger charge is 2.06. The van der Waals surface area contributed by atoms with Crippen LogP contribution in [0.5, 0.6) is 0 Å². The first-order valence-corrected chi connectivity index (χ1v) is 6.47. The minimum absolute atomic E-state index is 0. The van der Waals surface area contributed by atoms with Gasteiger partial charge in [0.15, 0.2) is 0 Å². The van der Waals surface area contributed by atoms with E-state index in [0.717, 1.165) is 17.2 Å². The monoisotopic (exact) mass is 362 g/mol. The highest BCUT2D eigenvalue weighted by molar-refractivity contribution is 6.30. The lowest BCUT2D eigenvalue weighted by Gasteiger charge is -2.03. The molecule has 0 bridgehead atoms. The Morgan fingerprint density at radius 1 is 1.23 bits per heavy atom. The highest BCUT2D eigenvalue weighted by Crippen LogP contribution is 2.19. The van der Waals surface area contributed by atoms with E-state index in [1.165, 1.54) is 6.07 Å². The van der Waals surface area contributed by atoms with Crippen LogP contribution in [-0.2, 0) is 6.54 Å². The molecule has 8 heteroatoms. The topological polar surface area (TPSA) is 35.6 Å². The molecule has 0 N–H and O–H groups in total. The molecule has 3 aromatic rings. The fourth-order valence-corrected chi connectivity index (χ4v) is 2.15. The molecule has 4 nitrogen and oxygen atoms in total. The Morgan fingerprint density at radius 3 is 2.64 bits per heavy atom. The summed E-state index contributed by atoms with van der Waals surface area (Å²) in [7, 11) is 0. The van der Waals surface area contributed by atoms with Crippen molar-refractivity contribution in [1.29, 1.82) is 0 Å². The molecule has 0 fully saturated rings. The number of imidazole rings is 2. The number of hydrogen-bond donors (Lipinski definition) is 0. The summed E-state index contributed by atoms with van der Waals surface area (Å²) < 4.78 is 17.0. The van der Waals surface area contributed by atoms with Crippen LogP contribution in [0.3, 0.4) is 0 Å². The van der Waals surface area contributed by atoms with Crippen LogP contribution in [0.25, 0.3) is 5.69 Å². The van der Waals surface area contributed by atoms with E-state index in [-0.39, 0.29) is 29.8 Å². The average Bonchev–Trinajstić information content (AvgIpc) is 3.04. The maximum absolute atomic E-state index is 13.1. The molecular formula is C14H14Cl3FN4. The largest absolute Gasteiger partial charge is 0.329 e. The maximum Gasteiger partial charge on any atom is 0.141 e. The van der Waals surface area contributed by atoms with Gasteiger partial charge in [-0.15, -0.1) is 24.8 Å². The second-order valence-electron chi connectivity index (χ2n) is 4.47. The zero-order valence-corrected chi connectivity index (χ0v) is 14.0. The standard InChI is InChI=1S/C14H12ClFN4.2ClH/c1-10-17-4-5-19(10)7-11-8-20(9-18-11)12-2-3-14(16)13(15)6-12;;/h2-6,8-9H,7H2,1H3;2*1H. The Labute approximate surface area is 144 Å². The summed E-state index contributed by atoms with van der Waals surface area (Å²) >= 11 is 5.79. The Bertz CT molecular complexity index is 754. The summed E-state index contributed by atoms with van der Waals surface area (Å²) in [5, 5.41) is 0.100. The van der Waals surface area contributed by atoms with Crippen molar-refractivity contribution >= 4 is 36.4 Å². The molecule has 2 heterocycles. The van der Waals surface area contributed by atoms with Gasteiger partial charge in [0.25, 0.3) is 0 Å². The Balaban J connectivity index is 0.00000121. The van der Waals surface area contributed by atoms with Gasteiger partial charge in [-0.2, -0.15) is 0 Å². The first-order valence-electron chi connectivity index (χ1n) is 6.09. The second-order valence-corrected chi connectivity index (χ2v) is 4.88. The summed E-state index contributed by atoms with van der Waals surface area (Å²) in [5.41, 5.74) is 1.67. The van der Waals surface area contributed by atoms with E-state index in [4.69, 9.17) is 11.6 Å².